The number of Topliss-reactive ketones (excluding diaryl/α,β-unsaturated/α-hetero) is 1. The van der Waals surface area contributed by atoms with Crippen LogP contribution >= 0.6 is 0 Å². The third kappa shape index (κ3) is 4.06. The molecule has 4 fully saturated rings. The van der Waals surface area contributed by atoms with E-state index in [0.29, 0.717) is 41.2 Å². The van der Waals surface area contributed by atoms with Gasteiger partial charge < -0.3 is 8.85 Å². The first-order valence-electron chi connectivity index (χ1n) is 12.6. The van der Waals surface area contributed by atoms with Crippen LogP contribution in [0.2, 0.25) is 39.3 Å². The van der Waals surface area contributed by atoms with E-state index in [9.17, 15) is 4.79 Å². The zero-order chi connectivity index (χ0) is 22.1. The van der Waals surface area contributed by atoms with Gasteiger partial charge >= 0.3 is 0 Å². The summed E-state index contributed by atoms with van der Waals surface area (Å²) >= 11 is 0. The third-order valence-electron chi connectivity index (χ3n) is 9.35. The second-order valence-corrected chi connectivity index (χ2v) is 22.5. The highest BCUT2D eigenvalue weighted by Gasteiger charge is 2.63. The number of hydrogen-bond acceptors (Lipinski definition) is 3. The number of fused-ring (bicyclic) bond motifs is 5. The van der Waals surface area contributed by atoms with Gasteiger partial charge in [-0.1, -0.05) is 13.8 Å². The fraction of sp³-hybridized carbons (Fsp3) is 0.960. The van der Waals surface area contributed by atoms with Crippen LogP contribution in [0.1, 0.15) is 65.2 Å². The molecule has 0 radical (unpaired) electrons. The fourth-order valence-corrected chi connectivity index (χ4v) is 10.5. The monoisotopic (exact) mass is 450 g/mol. The van der Waals surface area contributed by atoms with Gasteiger partial charge in [-0.15, -0.1) is 0 Å². The van der Waals surface area contributed by atoms with E-state index in [4.69, 9.17) is 8.85 Å². The van der Waals surface area contributed by atoms with Crippen molar-refractivity contribution in [1.82, 2.24) is 0 Å². The molecule has 4 rings (SSSR count). The number of hydrogen-bond donors (Lipinski definition) is 0. The lowest BCUT2D eigenvalue weighted by molar-refractivity contribution is -0.166. The molecular weight excluding hydrogens is 404 g/mol. The van der Waals surface area contributed by atoms with Crippen molar-refractivity contribution < 1.29 is 13.6 Å². The Hall–Kier alpha value is 0.0238. The molecule has 0 aliphatic heterocycles. The van der Waals surface area contributed by atoms with Gasteiger partial charge in [0, 0.05) is 24.0 Å². The Kier molecular flexibility index (Phi) is 5.82. The molecule has 8 atom stereocenters. The highest BCUT2D eigenvalue weighted by Crippen LogP contribution is 2.66. The third-order valence-corrected chi connectivity index (χ3v) is 11.4. The fourth-order valence-electron chi connectivity index (χ4n) is 8.11. The maximum Gasteiger partial charge on any atom is 0.184 e. The van der Waals surface area contributed by atoms with Crippen LogP contribution in [0.25, 0.3) is 0 Å². The SMILES string of the molecule is C[C@]12CCC(O[Si](C)(C)C)CC1CC(O[Si](C)(C)C)[C@@H]1[C@@H]2CC[C@]2(C)C(=O)CC[C@@H]12. The minimum atomic E-state index is -1.65. The van der Waals surface area contributed by atoms with Gasteiger partial charge in [0.05, 0.1) is 0 Å². The normalized spacial score (nSPS) is 46.9. The molecule has 0 amide bonds. The summed E-state index contributed by atoms with van der Waals surface area (Å²) in [6.07, 6.45) is 9.95. The van der Waals surface area contributed by atoms with E-state index in [1.54, 1.807) is 0 Å². The first-order valence-corrected chi connectivity index (χ1v) is 19.4. The molecule has 3 nitrogen and oxygen atoms in total. The second kappa shape index (κ2) is 7.53. The Balaban J connectivity index is 1.64. The topological polar surface area (TPSA) is 35.5 Å². The van der Waals surface area contributed by atoms with Gasteiger partial charge in [-0.3, -0.25) is 4.79 Å². The number of carbonyl (C=O) groups is 1. The molecule has 3 unspecified atom stereocenters. The summed E-state index contributed by atoms with van der Waals surface area (Å²) in [6.45, 7) is 18.9. The van der Waals surface area contributed by atoms with E-state index in [-0.39, 0.29) is 5.41 Å². The zero-order valence-electron chi connectivity index (χ0n) is 20.8. The predicted molar refractivity (Wildman–Crippen MR) is 129 cm³/mol. The molecule has 4 aliphatic rings. The van der Waals surface area contributed by atoms with Crippen LogP contribution in [-0.4, -0.2) is 34.6 Å². The van der Waals surface area contributed by atoms with Crippen LogP contribution in [0.5, 0.6) is 0 Å². The summed E-state index contributed by atoms with van der Waals surface area (Å²) in [5, 5.41) is 0. The van der Waals surface area contributed by atoms with Crippen molar-refractivity contribution in [2.24, 2.45) is 34.5 Å². The van der Waals surface area contributed by atoms with E-state index >= 15 is 0 Å². The highest BCUT2D eigenvalue weighted by molar-refractivity contribution is 6.70. The van der Waals surface area contributed by atoms with Gasteiger partial charge in [0.15, 0.2) is 16.6 Å². The average Bonchev–Trinajstić information content (AvgIpc) is 2.89. The van der Waals surface area contributed by atoms with Crippen LogP contribution in [0.15, 0.2) is 0 Å². The Morgan fingerprint density at radius 1 is 0.833 bits per heavy atom. The second-order valence-electron chi connectivity index (χ2n) is 13.5. The van der Waals surface area contributed by atoms with Crippen molar-refractivity contribution in [3.05, 3.63) is 0 Å². The molecule has 30 heavy (non-hydrogen) atoms. The minimum Gasteiger partial charge on any atom is -0.415 e. The van der Waals surface area contributed by atoms with Crippen LogP contribution in [0.4, 0.5) is 0 Å². The lowest BCUT2D eigenvalue weighted by atomic mass is 9.44. The van der Waals surface area contributed by atoms with Crippen molar-refractivity contribution in [2.75, 3.05) is 0 Å². The van der Waals surface area contributed by atoms with Crippen LogP contribution in [-0.2, 0) is 13.6 Å². The summed E-state index contributed by atoms with van der Waals surface area (Å²) in [7, 11) is -3.16. The molecule has 0 aromatic heterocycles. The highest BCUT2D eigenvalue weighted by atomic mass is 28.4. The first kappa shape index (κ1) is 23.2. The molecule has 0 spiro atoms. The van der Waals surface area contributed by atoms with Gasteiger partial charge in [0.1, 0.15) is 5.78 Å². The molecule has 0 bridgehead atoms. The van der Waals surface area contributed by atoms with E-state index in [1.165, 1.54) is 32.1 Å². The standard InChI is InChI=1S/C25H46O3Si2/c1-24-13-11-18(27-29(3,4)5)15-17(24)16-21(28-30(6,7)8)23-19-9-10-22(26)25(19,2)14-12-20(23)24/h17-21,23H,9-16H2,1-8H3/t17?,18?,19-,20-,21?,23-,24-,25-/m0/s1. The lowest BCUT2D eigenvalue weighted by Gasteiger charge is -2.63. The van der Waals surface area contributed by atoms with Gasteiger partial charge in [-0.05, 0) is 113 Å². The van der Waals surface area contributed by atoms with Crippen LogP contribution in [0, 0.1) is 34.5 Å². The molecule has 0 saturated heterocycles. The molecule has 0 heterocycles. The van der Waals surface area contributed by atoms with Crippen molar-refractivity contribution in [1.29, 1.82) is 0 Å². The van der Waals surface area contributed by atoms with E-state index in [0.717, 1.165) is 25.2 Å². The van der Waals surface area contributed by atoms with Crippen LogP contribution in [0.3, 0.4) is 0 Å². The van der Waals surface area contributed by atoms with E-state index in [2.05, 4.69) is 53.1 Å². The summed E-state index contributed by atoms with van der Waals surface area (Å²) in [5.74, 6) is 3.08. The van der Waals surface area contributed by atoms with Crippen molar-refractivity contribution >= 4 is 22.4 Å². The first-order chi connectivity index (χ1) is 13.7. The van der Waals surface area contributed by atoms with Crippen molar-refractivity contribution in [3.63, 3.8) is 0 Å². The van der Waals surface area contributed by atoms with E-state index in [1.807, 2.05) is 0 Å². The Morgan fingerprint density at radius 2 is 1.50 bits per heavy atom. The number of carbonyl (C=O) groups excluding carboxylic acids is 1. The predicted octanol–water partition coefficient (Wildman–Crippen LogP) is 6.65. The average molecular weight is 451 g/mol. The molecule has 0 aromatic carbocycles. The molecule has 5 heteroatoms. The summed E-state index contributed by atoms with van der Waals surface area (Å²) in [4.78, 5) is 12.9. The van der Waals surface area contributed by atoms with Gasteiger partial charge in [0.25, 0.3) is 0 Å². The maximum absolute atomic E-state index is 12.9. The summed E-state index contributed by atoms with van der Waals surface area (Å²) in [5.41, 5.74) is 0.319. The van der Waals surface area contributed by atoms with Crippen molar-refractivity contribution in [2.45, 2.75) is 117 Å². The minimum absolute atomic E-state index is 0.0798. The van der Waals surface area contributed by atoms with Gasteiger partial charge in [0.2, 0.25) is 0 Å². The molecule has 4 saturated carbocycles. The molecule has 172 valence electrons. The summed E-state index contributed by atoms with van der Waals surface area (Å²) < 4.78 is 13.6. The maximum atomic E-state index is 12.9. The molecular formula is C25H46O3Si2. The number of ketones is 1. The van der Waals surface area contributed by atoms with E-state index < -0.39 is 16.6 Å². The van der Waals surface area contributed by atoms with Gasteiger partial charge in [-0.25, -0.2) is 0 Å². The zero-order valence-corrected chi connectivity index (χ0v) is 22.8. The van der Waals surface area contributed by atoms with Crippen LogP contribution < -0.4 is 0 Å². The summed E-state index contributed by atoms with van der Waals surface area (Å²) in [6, 6.07) is 0. The Bertz CT molecular complexity index is 681. The quantitative estimate of drug-likeness (QED) is 0.450. The Labute approximate surface area is 187 Å². The largest absolute Gasteiger partial charge is 0.415 e. The smallest absolute Gasteiger partial charge is 0.184 e. The number of rotatable bonds is 4. The molecule has 4 aliphatic carbocycles. The van der Waals surface area contributed by atoms with Crippen molar-refractivity contribution in [3.8, 4) is 0 Å². The Morgan fingerprint density at radius 3 is 2.13 bits per heavy atom. The van der Waals surface area contributed by atoms with Gasteiger partial charge in [-0.2, -0.15) is 0 Å². The molecule has 0 aromatic rings. The lowest BCUT2D eigenvalue weighted by Crippen LogP contribution is -2.60. The molecule has 0 N–H and O–H groups in total.